The summed E-state index contributed by atoms with van der Waals surface area (Å²) in [5.41, 5.74) is 0.988. The molecule has 0 atom stereocenters. The van der Waals surface area contributed by atoms with Crippen LogP contribution in [0.3, 0.4) is 0 Å². The van der Waals surface area contributed by atoms with Gasteiger partial charge in [-0.15, -0.1) is 0 Å². The summed E-state index contributed by atoms with van der Waals surface area (Å²) in [6.07, 6.45) is 3.70. The van der Waals surface area contributed by atoms with Gasteiger partial charge in [-0.2, -0.15) is 4.31 Å². The normalized spacial score (nSPS) is 15.7. The van der Waals surface area contributed by atoms with Crippen molar-refractivity contribution in [2.75, 3.05) is 25.0 Å². The first-order valence-corrected chi connectivity index (χ1v) is 12.0. The SMILES string of the molecule is CCCCOc1ccccc1C(=O)Nc1ccc(S(=O)(=O)N2CCC(C)CC2)cc1. The van der Waals surface area contributed by atoms with Crippen LogP contribution in [0.1, 0.15) is 49.9 Å². The summed E-state index contributed by atoms with van der Waals surface area (Å²) < 4.78 is 33.0. The third-order valence-electron chi connectivity index (χ3n) is 5.38. The lowest BCUT2D eigenvalue weighted by atomic mass is 10.0. The summed E-state index contributed by atoms with van der Waals surface area (Å²) in [7, 11) is -3.50. The largest absolute Gasteiger partial charge is 0.493 e. The molecule has 2 aromatic carbocycles. The molecule has 1 saturated heterocycles. The number of amides is 1. The van der Waals surface area contributed by atoms with E-state index in [4.69, 9.17) is 4.74 Å². The molecule has 0 spiro atoms. The highest BCUT2D eigenvalue weighted by atomic mass is 32.2. The van der Waals surface area contributed by atoms with Crippen molar-refractivity contribution < 1.29 is 17.9 Å². The van der Waals surface area contributed by atoms with Crippen molar-refractivity contribution in [1.29, 1.82) is 0 Å². The molecule has 0 saturated carbocycles. The topological polar surface area (TPSA) is 75.7 Å². The molecule has 1 N–H and O–H groups in total. The molecular formula is C23H30N2O4S. The molecule has 0 aromatic heterocycles. The minimum Gasteiger partial charge on any atom is -0.493 e. The molecule has 0 bridgehead atoms. The number of hydrogen-bond donors (Lipinski definition) is 1. The summed E-state index contributed by atoms with van der Waals surface area (Å²) in [4.78, 5) is 13.0. The van der Waals surface area contributed by atoms with Crippen molar-refractivity contribution in [3.63, 3.8) is 0 Å². The summed E-state index contributed by atoms with van der Waals surface area (Å²) in [5.74, 6) is 0.813. The van der Waals surface area contributed by atoms with E-state index >= 15 is 0 Å². The van der Waals surface area contributed by atoms with E-state index in [1.165, 1.54) is 0 Å². The third-order valence-corrected chi connectivity index (χ3v) is 7.29. The van der Waals surface area contributed by atoms with Gasteiger partial charge in [0.05, 0.1) is 17.1 Å². The Balaban J connectivity index is 1.68. The Bertz CT molecular complexity index is 949. The van der Waals surface area contributed by atoms with Crippen molar-refractivity contribution >= 4 is 21.6 Å². The number of unbranched alkanes of at least 4 members (excludes halogenated alkanes) is 1. The average molecular weight is 431 g/mol. The van der Waals surface area contributed by atoms with E-state index in [9.17, 15) is 13.2 Å². The van der Waals surface area contributed by atoms with Crippen LogP contribution < -0.4 is 10.1 Å². The minimum atomic E-state index is -3.50. The fourth-order valence-corrected chi connectivity index (χ4v) is 4.86. The summed E-state index contributed by atoms with van der Waals surface area (Å²) in [5, 5.41) is 2.83. The van der Waals surface area contributed by atoms with Crippen LogP contribution in [0.4, 0.5) is 5.69 Å². The number of carbonyl (C=O) groups is 1. The molecule has 1 amide bonds. The van der Waals surface area contributed by atoms with E-state index in [1.807, 2.05) is 6.07 Å². The van der Waals surface area contributed by atoms with Crippen LogP contribution in [0.2, 0.25) is 0 Å². The Morgan fingerprint density at radius 3 is 2.43 bits per heavy atom. The minimum absolute atomic E-state index is 0.248. The Morgan fingerprint density at radius 2 is 1.77 bits per heavy atom. The van der Waals surface area contributed by atoms with Crippen LogP contribution in [0.5, 0.6) is 5.75 Å². The quantitative estimate of drug-likeness (QED) is 0.624. The van der Waals surface area contributed by atoms with Crippen LogP contribution >= 0.6 is 0 Å². The van der Waals surface area contributed by atoms with Gasteiger partial charge in [-0.25, -0.2) is 8.42 Å². The van der Waals surface area contributed by atoms with Crippen LogP contribution in [-0.4, -0.2) is 38.3 Å². The van der Waals surface area contributed by atoms with E-state index in [0.29, 0.717) is 42.6 Å². The number of hydrogen-bond acceptors (Lipinski definition) is 4. The van der Waals surface area contributed by atoms with E-state index in [1.54, 1.807) is 46.8 Å². The molecule has 3 rings (SSSR count). The van der Waals surface area contributed by atoms with Gasteiger partial charge in [-0.3, -0.25) is 4.79 Å². The monoisotopic (exact) mass is 430 g/mol. The first-order valence-electron chi connectivity index (χ1n) is 10.5. The molecule has 0 aliphatic carbocycles. The summed E-state index contributed by atoms with van der Waals surface area (Å²) in [6, 6.07) is 13.5. The van der Waals surface area contributed by atoms with Gasteiger partial charge < -0.3 is 10.1 Å². The average Bonchev–Trinajstić information content (AvgIpc) is 2.75. The van der Waals surface area contributed by atoms with Crippen molar-refractivity contribution in [1.82, 2.24) is 4.31 Å². The van der Waals surface area contributed by atoms with E-state index in [0.717, 1.165) is 25.7 Å². The molecule has 30 heavy (non-hydrogen) atoms. The van der Waals surface area contributed by atoms with Crippen LogP contribution in [0, 0.1) is 5.92 Å². The maximum absolute atomic E-state index is 12.8. The molecule has 0 unspecified atom stereocenters. The van der Waals surface area contributed by atoms with Crippen LogP contribution in [0.15, 0.2) is 53.4 Å². The number of benzene rings is 2. The van der Waals surface area contributed by atoms with Crippen molar-refractivity contribution in [3.8, 4) is 5.75 Å². The second-order valence-corrected chi connectivity index (χ2v) is 9.70. The molecule has 1 aliphatic heterocycles. The zero-order valence-corrected chi connectivity index (χ0v) is 18.5. The highest BCUT2D eigenvalue weighted by molar-refractivity contribution is 7.89. The smallest absolute Gasteiger partial charge is 0.259 e. The Labute approximate surface area is 179 Å². The highest BCUT2D eigenvalue weighted by Gasteiger charge is 2.28. The zero-order chi connectivity index (χ0) is 21.6. The number of piperidine rings is 1. The van der Waals surface area contributed by atoms with Crippen LogP contribution in [-0.2, 0) is 10.0 Å². The molecule has 6 nitrogen and oxygen atoms in total. The molecule has 1 heterocycles. The van der Waals surface area contributed by atoms with E-state index < -0.39 is 10.0 Å². The standard InChI is InChI=1S/C23H30N2O4S/c1-3-4-17-29-22-8-6-5-7-21(22)23(26)24-19-9-11-20(12-10-19)30(27,28)25-15-13-18(2)14-16-25/h5-12,18H,3-4,13-17H2,1-2H3,(H,24,26). The Morgan fingerprint density at radius 1 is 1.10 bits per heavy atom. The fourth-order valence-electron chi connectivity index (χ4n) is 3.39. The maximum Gasteiger partial charge on any atom is 0.259 e. The molecule has 162 valence electrons. The van der Waals surface area contributed by atoms with Crippen molar-refractivity contribution in [2.24, 2.45) is 5.92 Å². The number of rotatable bonds is 8. The number of para-hydroxylation sites is 1. The second kappa shape index (κ2) is 10.1. The van der Waals surface area contributed by atoms with Gasteiger partial charge >= 0.3 is 0 Å². The molecule has 0 radical (unpaired) electrons. The van der Waals surface area contributed by atoms with E-state index in [2.05, 4.69) is 19.2 Å². The van der Waals surface area contributed by atoms with Gasteiger partial charge in [0.1, 0.15) is 5.75 Å². The first kappa shape index (κ1) is 22.3. The van der Waals surface area contributed by atoms with Gasteiger partial charge in [0, 0.05) is 18.8 Å². The number of sulfonamides is 1. The maximum atomic E-state index is 12.8. The van der Waals surface area contributed by atoms with Crippen molar-refractivity contribution in [3.05, 3.63) is 54.1 Å². The predicted molar refractivity (Wildman–Crippen MR) is 118 cm³/mol. The highest BCUT2D eigenvalue weighted by Crippen LogP contribution is 2.25. The molecular weight excluding hydrogens is 400 g/mol. The molecule has 1 fully saturated rings. The third kappa shape index (κ3) is 5.40. The number of nitrogens with zero attached hydrogens (tertiary/aromatic N) is 1. The number of anilines is 1. The van der Waals surface area contributed by atoms with Crippen molar-refractivity contribution in [2.45, 2.75) is 44.4 Å². The number of carbonyl (C=O) groups excluding carboxylic acids is 1. The van der Waals surface area contributed by atoms with E-state index in [-0.39, 0.29) is 10.8 Å². The van der Waals surface area contributed by atoms with Gasteiger partial charge in [0.25, 0.3) is 5.91 Å². The second-order valence-electron chi connectivity index (χ2n) is 7.76. The van der Waals surface area contributed by atoms with Gasteiger partial charge in [-0.1, -0.05) is 32.4 Å². The molecule has 1 aliphatic rings. The lowest BCUT2D eigenvalue weighted by molar-refractivity contribution is 0.102. The number of nitrogens with one attached hydrogen (secondary N) is 1. The Hall–Kier alpha value is -2.38. The van der Waals surface area contributed by atoms with Gasteiger partial charge in [0.2, 0.25) is 10.0 Å². The van der Waals surface area contributed by atoms with Crippen LogP contribution in [0.25, 0.3) is 0 Å². The zero-order valence-electron chi connectivity index (χ0n) is 17.6. The summed E-state index contributed by atoms with van der Waals surface area (Å²) in [6.45, 7) is 5.89. The lowest BCUT2D eigenvalue weighted by Gasteiger charge is -2.29. The lowest BCUT2D eigenvalue weighted by Crippen LogP contribution is -2.37. The van der Waals surface area contributed by atoms with Gasteiger partial charge in [-0.05, 0) is 61.6 Å². The molecule has 2 aromatic rings. The summed E-state index contributed by atoms with van der Waals surface area (Å²) >= 11 is 0. The number of ether oxygens (including phenoxy) is 1. The Kier molecular flexibility index (Phi) is 7.50. The fraction of sp³-hybridized carbons (Fsp3) is 0.435. The van der Waals surface area contributed by atoms with Gasteiger partial charge in [0.15, 0.2) is 0 Å². The predicted octanol–water partition coefficient (Wildman–Crippen LogP) is 4.54. The molecule has 7 heteroatoms. The first-order chi connectivity index (χ1) is 14.4.